The molecule has 0 fully saturated rings. The summed E-state index contributed by atoms with van der Waals surface area (Å²) in [5, 5.41) is 13.3. The SMILES string of the molecule is Oc1ccccc1CNCC1CCCc2ccccc21. The molecule has 0 saturated carbocycles. The lowest BCUT2D eigenvalue weighted by Crippen LogP contribution is -2.24. The molecule has 20 heavy (non-hydrogen) atoms. The van der Waals surface area contributed by atoms with E-state index in [4.69, 9.17) is 0 Å². The topological polar surface area (TPSA) is 32.3 Å². The fraction of sp³-hybridized carbons (Fsp3) is 0.333. The van der Waals surface area contributed by atoms with Crippen molar-refractivity contribution < 1.29 is 5.11 Å². The van der Waals surface area contributed by atoms with Crippen molar-refractivity contribution in [2.24, 2.45) is 0 Å². The summed E-state index contributed by atoms with van der Waals surface area (Å²) in [6.45, 7) is 1.71. The first-order chi connectivity index (χ1) is 9.84. The van der Waals surface area contributed by atoms with E-state index in [0.29, 0.717) is 11.7 Å². The van der Waals surface area contributed by atoms with E-state index in [9.17, 15) is 5.11 Å². The van der Waals surface area contributed by atoms with Crippen LogP contribution in [0.2, 0.25) is 0 Å². The molecule has 0 radical (unpaired) electrons. The van der Waals surface area contributed by atoms with Gasteiger partial charge in [0.2, 0.25) is 0 Å². The molecule has 2 aromatic rings. The molecule has 3 rings (SSSR count). The largest absolute Gasteiger partial charge is 0.508 e. The number of para-hydroxylation sites is 1. The maximum Gasteiger partial charge on any atom is 0.120 e. The van der Waals surface area contributed by atoms with Crippen LogP contribution < -0.4 is 5.32 Å². The van der Waals surface area contributed by atoms with Crippen molar-refractivity contribution >= 4 is 0 Å². The Morgan fingerprint density at radius 2 is 1.85 bits per heavy atom. The normalized spacial score (nSPS) is 17.7. The molecule has 0 aromatic heterocycles. The van der Waals surface area contributed by atoms with E-state index >= 15 is 0 Å². The molecule has 1 atom stereocenters. The van der Waals surface area contributed by atoms with Gasteiger partial charge in [-0.25, -0.2) is 0 Å². The third kappa shape index (κ3) is 2.86. The van der Waals surface area contributed by atoms with Crippen molar-refractivity contribution in [3.63, 3.8) is 0 Å². The predicted molar refractivity (Wildman–Crippen MR) is 81.9 cm³/mol. The second-order valence-electron chi connectivity index (χ2n) is 5.55. The van der Waals surface area contributed by atoms with Crippen molar-refractivity contribution in [3.05, 3.63) is 65.2 Å². The first-order valence-electron chi connectivity index (χ1n) is 7.40. The van der Waals surface area contributed by atoms with Gasteiger partial charge in [-0.15, -0.1) is 0 Å². The summed E-state index contributed by atoms with van der Waals surface area (Å²) in [7, 11) is 0. The zero-order valence-corrected chi connectivity index (χ0v) is 11.7. The van der Waals surface area contributed by atoms with Crippen LogP contribution in [0.25, 0.3) is 0 Å². The Labute approximate surface area is 120 Å². The zero-order chi connectivity index (χ0) is 13.8. The molecule has 0 heterocycles. The van der Waals surface area contributed by atoms with Gasteiger partial charge in [0, 0.05) is 18.7 Å². The Balaban J connectivity index is 1.61. The van der Waals surface area contributed by atoms with Crippen molar-refractivity contribution in [1.29, 1.82) is 0 Å². The summed E-state index contributed by atoms with van der Waals surface area (Å²) in [4.78, 5) is 0. The van der Waals surface area contributed by atoms with Gasteiger partial charge in [0.1, 0.15) is 5.75 Å². The first-order valence-corrected chi connectivity index (χ1v) is 7.40. The molecule has 0 bridgehead atoms. The minimum Gasteiger partial charge on any atom is -0.508 e. The fourth-order valence-corrected chi connectivity index (χ4v) is 3.11. The van der Waals surface area contributed by atoms with Gasteiger partial charge >= 0.3 is 0 Å². The van der Waals surface area contributed by atoms with Gasteiger partial charge in [-0.3, -0.25) is 0 Å². The molecule has 2 nitrogen and oxygen atoms in total. The second-order valence-corrected chi connectivity index (χ2v) is 5.55. The number of rotatable bonds is 4. The van der Waals surface area contributed by atoms with Crippen LogP contribution >= 0.6 is 0 Å². The molecule has 104 valence electrons. The number of hydrogen-bond donors (Lipinski definition) is 2. The van der Waals surface area contributed by atoms with E-state index in [1.54, 1.807) is 6.07 Å². The van der Waals surface area contributed by atoms with E-state index in [1.165, 1.54) is 30.4 Å². The van der Waals surface area contributed by atoms with Crippen LogP contribution in [-0.2, 0) is 13.0 Å². The highest BCUT2D eigenvalue weighted by atomic mass is 16.3. The number of hydrogen-bond acceptors (Lipinski definition) is 2. The number of fused-ring (bicyclic) bond motifs is 1. The van der Waals surface area contributed by atoms with Gasteiger partial charge in [0.05, 0.1) is 0 Å². The molecule has 2 aromatic carbocycles. The number of aryl methyl sites for hydroxylation is 1. The maximum atomic E-state index is 9.77. The predicted octanol–water partition coefficient (Wildman–Crippen LogP) is 3.60. The minimum atomic E-state index is 0.379. The Kier molecular flexibility index (Phi) is 4.03. The smallest absolute Gasteiger partial charge is 0.120 e. The van der Waals surface area contributed by atoms with Crippen LogP contribution in [0.5, 0.6) is 5.75 Å². The molecule has 1 aliphatic carbocycles. The van der Waals surface area contributed by atoms with E-state index in [1.807, 2.05) is 18.2 Å². The zero-order valence-electron chi connectivity index (χ0n) is 11.7. The highest BCUT2D eigenvalue weighted by Crippen LogP contribution is 2.30. The molecular weight excluding hydrogens is 246 g/mol. The molecule has 0 spiro atoms. The van der Waals surface area contributed by atoms with Gasteiger partial charge < -0.3 is 10.4 Å². The number of phenolic OH excluding ortho intramolecular Hbond substituents is 1. The maximum absolute atomic E-state index is 9.77. The summed E-state index contributed by atoms with van der Waals surface area (Å²) >= 11 is 0. The van der Waals surface area contributed by atoms with Crippen LogP contribution in [0.3, 0.4) is 0 Å². The first kappa shape index (κ1) is 13.2. The molecule has 0 amide bonds. The van der Waals surface area contributed by atoms with Crippen molar-refractivity contribution in [1.82, 2.24) is 5.32 Å². The molecule has 2 N–H and O–H groups in total. The highest BCUT2D eigenvalue weighted by Gasteiger charge is 2.19. The van der Waals surface area contributed by atoms with Gasteiger partial charge in [0.25, 0.3) is 0 Å². The monoisotopic (exact) mass is 267 g/mol. The lowest BCUT2D eigenvalue weighted by Gasteiger charge is -2.25. The van der Waals surface area contributed by atoms with Crippen molar-refractivity contribution in [2.75, 3.05) is 6.54 Å². The van der Waals surface area contributed by atoms with Crippen molar-refractivity contribution in [3.8, 4) is 5.75 Å². The summed E-state index contributed by atoms with van der Waals surface area (Å²) in [6.07, 6.45) is 3.75. The van der Waals surface area contributed by atoms with Crippen LogP contribution in [0, 0.1) is 0 Å². The quantitative estimate of drug-likeness (QED) is 0.887. The van der Waals surface area contributed by atoms with Crippen LogP contribution in [0.4, 0.5) is 0 Å². The molecule has 1 unspecified atom stereocenters. The van der Waals surface area contributed by atoms with Crippen LogP contribution in [0.15, 0.2) is 48.5 Å². The van der Waals surface area contributed by atoms with E-state index in [-0.39, 0.29) is 0 Å². The van der Waals surface area contributed by atoms with Gasteiger partial charge in [-0.1, -0.05) is 42.5 Å². The average molecular weight is 267 g/mol. The van der Waals surface area contributed by atoms with Crippen molar-refractivity contribution in [2.45, 2.75) is 31.7 Å². The number of aromatic hydroxyl groups is 1. The Hall–Kier alpha value is -1.80. The van der Waals surface area contributed by atoms with Gasteiger partial charge in [-0.2, -0.15) is 0 Å². The Morgan fingerprint density at radius 1 is 1.05 bits per heavy atom. The molecule has 2 heteroatoms. The summed E-state index contributed by atoms with van der Waals surface area (Å²) in [6, 6.07) is 16.3. The number of benzene rings is 2. The molecule has 1 aliphatic rings. The highest BCUT2D eigenvalue weighted by molar-refractivity contribution is 5.33. The summed E-state index contributed by atoms with van der Waals surface area (Å²) in [5.41, 5.74) is 3.98. The van der Waals surface area contributed by atoms with Gasteiger partial charge in [0.15, 0.2) is 0 Å². The lowest BCUT2D eigenvalue weighted by molar-refractivity contribution is 0.459. The third-order valence-electron chi connectivity index (χ3n) is 4.19. The second kappa shape index (κ2) is 6.10. The minimum absolute atomic E-state index is 0.379. The van der Waals surface area contributed by atoms with Crippen LogP contribution in [0.1, 0.15) is 35.4 Å². The van der Waals surface area contributed by atoms with Crippen LogP contribution in [-0.4, -0.2) is 11.7 Å². The number of nitrogens with one attached hydrogen (secondary N) is 1. The van der Waals surface area contributed by atoms with E-state index in [0.717, 1.165) is 18.7 Å². The molecule has 0 aliphatic heterocycles. The Morgan fingerprint density at radius 3 is 2.75 bits per heavy atom. The summed E-state index contributed by atoms with van der Waals surface area (Å²) in [5.74, 6) is 0.981. The average Bonchev–Trinajstić information content (AvgIpc) is 2.49. The van der Waals surface area contributed by atoms with E-state index < -0.39 is 0 Å². The fourth-order valence-electron chi connectivity index (χ4n) is 3.11. The lowest BCUT2D eigenvalue weighted by atomic mass is 9.83. The number of phenols is 1. The van der Waals surface area contributed by atoms with E-state index in [2.05, 4.69) is 29.6 Å². The Bertz CT molecular complexity index is 579. The molecular formula is C18H21NO. The summed E-state index contributed by atoms with van der Waals surface area (Å²) < 4.78 is 0. The standard InChI is InChI=1S/C18H21NO/c20-18-11-4-2-7-16(18)13-19-12-15-9-5-8-14-6-1-3-10-17(14)15/h1-4,6-7,10-11,15,19-20H,5,8-9,12-13H2. The van der Waals surface area contributed by atoms with Gasteiger partial charge in [-0.05, 0) is 42.4 Å². The third-order valence-corrected chi connectivity index (χ3v) is 4.19. The molecule has 0 saturated heterocycles.